The van der Waals surface area contributed by atoms with Gasteiger partial charge in [0.25, 0.3) is 0 Å². The van der Waals surface area contributed by atoms with Crippen molar-refractivity contribution >= 4 is 37.3 Å². The highest BCUT2D eigenvalue weighted by Gasteiger charge is 2.39. The molecule has 0 aromatic carbocycles. The predicted octanol–water partition coefficient (Wildman–Crippen LogP) is 3.34. The van der Waals surface area contributed by atoms with E-state index in [9.17, 15) is 5.11 Å². The summed E-state index contributed by atoms with van der Waals surface area (Å²) in [6.07, 6.45) is 7.98. The van der Waals surface area contributed by atoms with E-state index in [2.05, 4.69) is 25.1 Å². The Labute approximate surface area is 204 Å². The Kier molecular flexibility index (Phi) is 7.82. The van der Waals surface area contributed by atoms with Crippen LogP contribution in [0.25, 0.3) is 11.0 Å². The van der Waals surface area contributed by atoms with Crippen LogP contribution in [0.1, 0.15) is 51.2 Å². The SMILES string of the molecule is OCC(CC1COC1)(OCC1CCC(n2ncc3c(NC4CCCC4)nc(Cl)nc32)O1)POO. The van der Waals surface area contributed by atoms with E-state index in [0.29, 0.717) is 37.1 Å². The molecule has 3 aliphatic rings. The van der Waals surface area contributed by atoms with Gasteiger partial charge in [-0.3, -0.25) is 0 Å². The van der Waals surface area contributed by atoms with E-state index < -0.39 is 14.1 Å². The van der Waals surface area contributed by atoms with Gasteiger partial charge in [-0.2, -0.15) is 15.1 Å². The zero-order valence-corrected chi connectivity index (χ0v) is 20.6. The molecule has 34 heavy (non-hydrogen) atoms. The minimum Gasteiger partial charge on any atom is -0.393 e. The average Bonchev–Trinajstić information content (AvgIpc) is 3.55. The van der Waals surface area contributed by atoms with Crippen LogP contribution in [0.3, 0.4) is 0 Å². The molecule has 1 saturated carbocycles. The zero-order valence-electron chi connectivity index (χ0n) is 18.9. The lowest BCUT2D eigenvalue weighted by molar-refractivity contribution is -0.151. The first-order valence-corrected chi connectivity index (χ1v) is 13.1. The van der Waals surface area contributed by atoms with Crippen LogP contribution in [-0.2, 0) is 18.9 Å². The summed E-state index contributed by atoms with van der Waals surface area (Å²) < 4.78 is 23.7. The minimum absolute atomic E-state index is 0.172. The molecule has 4 unspecified atom stereocenters. The Balaban J connectivity index is 1.25. The number of hydrogen-bond donors (Lipinski definition) is 3. The topological polar surface area (TPSA) is 133 Å². The molecule has 188 valence electrons. The number of aliphatic hydroxyl groups is 1. The Morgan fingerprint density at radius 1 is 1.24 bits per heavy atom. The summed E-state index contributed by atoms with van der Waals surface area (Å²) in [6.45, 7) is 1.26. The van der Waals surface area contributed by atoms with Crippen molar-refractivity contribution in [2.75, 3.05) is 31.7 Å². The van der Waals surface area contributed by atoms with Gasteiger partial charge in [0.15, 0.2) is 11.9 Å². The van der Waals surface area contributed by atoms with Gasteiger partial charge in [-0.15, -0.1) is 0 Å². The van der Waals surface area contributed by atoms with Crippen LogP contribution in [0.2, 0.25) is 5.28 Å². The quantitative estimate of drug-likeness (QED) is 0.177. The summed E-state index contributed by atoms with van der Waals surface area (Å²) in [7, 11) is -0.398. The molecular weight excluding hydrogens is 485 g/mol. The molecule has 2 aliphatic heterocycles. The fourth-order valence-electron chi connectivity index (χ4n) is 4.95. The molecule has 3 N–H and O–H groups in total. The maximum atomic E-state index is 9.99. The van der Waals surface area contributed by atoms with Crippen LogP contribution in [-0.4, -0.2) is 74.0 Å². The molecule has 0 spiro atoms. The molecule has 2 aromatic heterocycles. The third kappa shape index (κ3) is 5.32. The van der Waals surface area contributed by atoms with Crippen molar-refractivity contribution in [2.45, 2.75) is 68.7 Å². The third-order valence-electron chi connectivity index (χ3n) is 6.84. The van der Waals surface area contributed by atoms with Gasteiger partial charge in [0.2, 0.25) is 5.28 Å². The first kappa shape index (κ1) is 24.5. The lowest BCUT2D eigenvalue weighted by Crippen LogP contribution is -2.41. The van der Waals surface area contributed by atoms with Gasteiger partial charge in [0.05, 0.1) is 52.9 Å². The van der Waals surface area contributed by atoms with E-state index in [4.69, 9.17) is 31.1 Å². The number of fused-ring (bicyclic) bond motifs is 1. The summed E-state index contributed by atoms with van der Waals surface area (Å²) in [4.78, 5) is 8.83. The van der Waals surface area contributed by atoms with E-state index in [0.717, 1.165) is 31.1 Å². The Morgan fingerprint density at radius 3 is 2.76 bits per heavy atom. The molecule has 5 rings (SSSR count). The van der Waals surface area contributed by atoms with Crippen LogP contribution in [0.15, 0.2) is 6.20 Å². The molecule has 0 amide bonds. The first-order chi connectivity index (χ1) is 16.6. The van der Waals surface area contributed by atoms with Gasteiger partial charge < -0.3 is 24.6 Å². The highest BCUT2D eigenvalue weighted by atomic mass is 35.5. The number of ether oxygens (including phenoxy) is 3. The lowest BCUT2D eigenvalue weighted by atomic mass is 10.00. The van der Waals surface area contributed by atoms with E-state index in [-0.39, 0.29) is 36.7 Å². The number of rotatable bonds is 11. The van der Waals surface area contributed by atoms with Crippen LogP contribution < -0.4 is 5.32 Å². The van der Waals surface area contributed by atoms with Crippen molar-refractivity contribution in [3.8, 4) is 0 Å². The molecule has 13 heteroatoms. The number of halogens is 1. The smallest absolute Gasteiger partial charge is 0.226 e. The van der Waals surface area contributed by atoms with Crippen LogP contribution in [0.4, 0.5) is 5.82 Å². The number of anilines is 1. The van der Waals surface area contributed by atoms with E-state index in [1.807, 2.05) is 0 Å². The molecule has 0 radical (unpaired) electrons. The highest BCUT2D eigenvalue weighted by molar-refractivity contribution is 7.34. The van der Waals surface area contributed by atoms with Crippen LogP contribution in [0, 0.1) is 5.92 Å². The predicted molar refractivity (Wildman–Crippen MR) is 126 cm³/mol. The van der Waals surface area contributed by atoms with Crippen LogP contribution >= 0.6 is 20.4 Å². The molecule has 11 nitrogen and oxygen atoms in total. The van der Waals surface area contributed by atoms with Gasteiger partial charge in [-0.05, 0) is 43.7 Å². The fourth-order valence-corrected chi connectivity index (χ4v) is 5.86. The van der Waals surface area contributed by atoms with Crippen molar-refractivity contribution < 1.29 is 29.2 Å². The Hall–Kier alpha value is -1.17. The molecule has 4 atom stereocenters. The maximum absolute atomic E-state index is 9.99. The lowest BCUT2D eigenvalue weighted by Gasteiger charge is -2.37. The number of nitrogens with one attached hydrogen (secondary N) is 1. The van der Waals surface area contributed by atoms with E-state index in [1.54, 1.807) is 10.9 Å². The Morgan fingerprint density at radius 2 is 2.06 bits per heavy atom. The minimum atomic E-state index is -0.968. The molecule has 2 saturated heterocycles. The van der Waals surface area contributed by atoms with Gasteiger partial charge in [0, 0.05) is 12.0 Å². The number of aromatic nitrogens is 4. The monoisotopic (exact) mass is 515 g/mol. The highest BCUT2D eigenvalue weighted by Crippen LogP contribution is 2.41. The second-order valence-corrected chi connectivity index (χ2v) is 11.0. The summed E-state index contributed by atoms with van der Waals surface area (Å²) in [5, 5.41) is 27.1. The van der Waals surface area contributed by atoms with Gasteiger partial charge in [-0.25, -0.2) is 14.6 Å². The number of nitrogens with zero attached hydrogens (tertiary/aromatic N) is 4. The van der Waals surface area contributed by atoms with Gasteiger partial charge in [0.1, 0.15) is 11.2 Å². The molecule has 1 aliphatic carbocycles. The number of hydrogen-bond acceptors (Lipinski definition) is 10. The van der Waals surface area contributed by atoms with Crippen molar-refractivity contribution in [3.63, 3.8) is 0 Å². The molecule has 3 fully saturated rings. The molecule has 4 heterocycles. The normalized spacial score (nSPS) is 26.0. The number of aliphatic hydroxyl groups excluding tert-OH is 1. The van der Waals surface area contributed by atoms with Crippen molar-refractivity contribution in [1.82, 2.24) is 19.7 Å². The van der Waals surface area contributed by atoms with Crippen molar-refractivity contribution in [2.24, 2.45) is 5.92 Å². The third-order valence-corrected chi connectivity index (χ3v) is 7.98. The van der Waals surface area contributed by atoms with Crippen molar-refractivity contribution in [3.05, 3.63) is 11.5 Å². The summed E-state index contributed by atoms with van der Waals surface area (Å²) in [5.74, 6) is 0.989. The molecule has 0 bridgehead atoms. The second kappa shape index (κ2) is 10.8. The molecular formula is C21H31ClN5O6P. The van der Waals surface area contributed by atoms with E-state index >= 15 is 0 Å². The molecule has 2 aromatic rings. The van der Waals surface area contributed by atoms with Gasteiger partial charge in [-0.1, -0.05) is 12.8 Å². The van der Waals surface area contributed by atoms with E-state index in [1.165, 1.54) is 12.8 Å². The van der Waals surface area contributed by atoms with Crippen molar-refractivity contribution in [1.29, 1.82) is 0 Å². The van der Waals surface area contributed by atoms with Crippen LogP contribution in [0.5, 0.6) is 0 Å². The summed E-state index contributed by atoms with van der Waals surface area (Å²) in [5.41, 5.74) is 0.636. The Bertz CT molecular complexity index is 975. The zero-order chi connectivity index (χ0) is 23.5. The summed E-state index contributed by atoms with van der Waals surface area (Å²) in [6, 6.07) is 0.392. The summed E-state index contributed by atoms with van der Waals surface area (Å²) >= 11 is 6.25. The standard InChI is InChI=1S/C21H31ClN5O6P/c22-20-25-18(24-14-3-1-2-4-14)16-8-23-27(19(16)26-20)17-6-5-15(32-17)11-31-21(12-28,34-33-29)7-13-9-30-10-13/h8,13-15,17,28-29,34H,1-7,9-12H2,(H,24,25,26). The van der Waals surface area contributed by atoms with Gasteiger partial charge >= 0.3 is 0 Å². The fraction of sp³-hybridized carbons (Fsp3) is 0.762. The maximum Gasteiger partial charge on any atom is 0.226 e. The largest absolute Gasteiger partial charge is 0.393 e. The first-order valence-electron chi connectivity index (χ1n) is 11.8. The average molecular weight is 516 g/mol. The second-order valence-electron chi connectivity index (χ2n) is 9.35.